The summed E-state index contributed by atoms with van der Waals surface area (Å²) in [6.07, 6.45) is 0.281. The number of carbonyl (C=O) groups excluding carboxylic acids is 1. The number of rotatable bonds is 4. The summed E-state index contributed by atoms with van der Waals surface area (Å²) in [5, 5.41) is 11.8. The zero-order chi connectivity index (χ0) is 15.7. The van der Waals surface area contributed by atoms with Crippen LogP contribution in [0.2, 0.25) is 0 Å². The fourth-order valence-electron chi connectivity index (χ4n) is 2.03. The number of thiophene rings is 1. The Morgan fingerprint density at radius 1 is 1.43 bits per heavy atom. The van der Waals surface area contributed by atoms with Gasteiger partial charge in [0.15, 0.2) is 0 Å². The molecular weight excluding hydrogens is 294 g/mol. The third-order valence-corrected chi connectivity index (χ3v) is 4.32. The molecular formula is C13H15N3O4S. The average molecular weight is 309 g/mol. The first-order valence-corrected chi connectivity index (χ1v) is 7.20. The summed E-state index contributed by atoms with van der Waals surface area (Å²) in [7, 11) is 0. The molecule has 0 spiro atoms. The number of carbonyl (C=O) groups is 2. The first kappa shape index (κ1) is 15.2. The molecule has 0 bridgehead atoms. The standard InChI is InChI=1S/C13H15N3O4S/c1-4-7(13(19)20)16-11(18)9-5(2)8-10(17)14-6(3)15-12(8)21-9/h7H,4H2,1-3H3,(H,16,18)(H,19,20)(H,14,15,17). The molecule has 8 heteroatoms. The van der Waals surface area contributed by atoms with Gasteiger partial charge in [0, 0.05) is 0 Å². The minimum absolute atomic E-state index is 0.281. The third-order valence-electron chi connectivity index (χ3n) is 3.14. The van der Waals surface area contributed by atoms with Gasteiger partial charge in [-0.3, -0.25) is 9.59 Å². The van der Waals surface area contributed by atoms with Gasteiger partial charge in [-0.2, -0.15) is 0 Å². The van der Waals surface area contributed by atoms with Crippen molar-refractivity contribution in [1.29, 1.82) is 0 Å². The fourth-order valence-corrected chi connectivity index (χ4v) is 3.16. The molecule has 0 radical (unpaired) electrons. The molecule has 0 aromatic carbocycles. The molecule has 2 aromatic heterocycles. The Hall–Kier alpha value is -2.22. The summed E-state index contributed by atoms with van der Waals surface area (Å²) in [6.45, 7) is 4.99. The number of nitrogens with one attached hydrogen (secondary N) is 2. The molecule has 0 saturated carbocycles. The van der Waals surface area contributed by atoms with Crippen molar-refractivity contribution in [2.24, 2.45) is 0 Å². The summed E-state index contributed by atoms with van der Waals surface area (Å²) >= 11 is 1.09. The van der Waals surface area contributed by atoms with E-state index in [4.69, 9.17) is 5.11 Å². The summed E-state index contributed by atoms with van der Waals surface area (Å²) in [5.74, 6) is -1.11. The van der Waals surface area contributed by atoms with E-state index in [1.54, 1.807) is 20.8 Å². The molecule has 0 aliphatic rings. The topological polar surface area (TPSA) is 112 Å². The maximum absolute atomic E-state index is 12.2. The van der Waals surface area contributed by atoms with Crippen LogP contribution in [0.4, 0.5) is 0 Å². The van der Waals surface area contributed by atoms with Crippen molar-refractivity contribution in [1.82, 2.24) is 15.3 Å². The van der Waals surface area contributed by atoms with Crippen molar-refractivity contribution in [3.8, 4) is 0 Å². The lowest BCUT2D eigenvalue weighted by atomic mass is 10.2. The van der Waals surface area contributed by atoms with Gasteiger partial charge in [0.1, 0.15) is 16.7 Å². The number of hydrogen-bond acceptors (Lipinski definition) is 5. The monoisotopic (exact) mass is 309 g/mol. The largest absolute Gasteiger partial charge is 0.480 e. The van der Waals surface area contributed by atoms with Gasteiger partial charge < -0.3 is 15.4 Å². The van der Waals surface area contributed by atoms with E-state index in [1.165, 1.54) is 0 Å². The van der Waals surface area contributed by atoms with Gasteiger partial charge in [-0.25, -0.2) is 9.78 Å². The molecule has 2 heterocycles. The first-order chi connectivity index (χ1) is 9.85. The minimum Gasteiger partial charge on any atom is -0.480 e. The van der Waals surface area contributed by atoms with Crippen molar-refractivity contribution < 1.29 is 14.7 Å². The lowest BCUT2D eigenvalue weighted by Crippen LogP contribution is -2.40. The van der Waals surface area contributed by atoms with Crippen LogP contribution in [0.25, 0.3) is 10.2 Å². The Bertz CT molecular complexity index is 778. The summed E-state index contributed by atoms with van der Waals surface area (Å²) < 4.78 is 0. The molecule has 0 aliphatic heterocycles. The molecule has 0 fully saturated rings. The number of aromatic amines is 1. The molecule has 0 aliphatic carbocycles. The molecule has 112 valence electrons. The number of aryl methyl sites for hydroxylation is 2. The van der Waals surface area contributed by atoms with Crippen molar-refractivity contribution >= 4 is 33.4 Å². The molecule has 3 N–H and O–H groups in total. The number of H-pyrrole nitrogens is 1. The van der Waals surface area contributed by atoms with Gasteiger partial charge in [0.2, 0.25) is 0 Å². The molecule has 1 amide bonds. The second kappa shape index (κ2) is 5.65. The van der Waals surface area contributed by atoms with Crippen LogP contribution in [0.15, 0.2) is 4.79 Å². The van der Waals surface area contributed by atoms with Crippen molar-refractivity contribution in [2.45, 2.75) is 33.2 Å². The minimum atomic E-state index is -1.09. The Morgan fingerprint density at radius 2 is 2.10 bits per heavy atom. The SMILES string of the molecule is CCC(NC(=O)c1sc2nc(C)[nH]c(=O)c2c1C)C(=O)O. The summed E-state index contributed by atoms with van der Waals surface area (Å²) in [4.78, 5) is 42.7. The lowest BCUT2D eigenvalue weighted by molar-refractivity contribution is -0.139. The first-order valence-electron chi connectivity index (χ1n) is 6.38. The van der Waals surface area contributed by atoms with E-state index < -0.39 is 17.9 Å². The number of carboxylic acid groups (broad SMARTS) is 1. The van der Waals surface area contributed by atoms with Crippen LogP contribution >= 0.6 is 11.3 Å². The van der Waals surface area contributed by atoms with Crippen LogP contribution in [0, 0.1) is 13.8 Å². The average Bonchev–Trinajstić information content (AvgIpc) is 2.72. The second-order valence-corrected chi connectivity index (χ2v) is 5.66. The van der Waals surface area contributed by atoms with E-state index in [0.29, 0.717) is 26.5 Å². The highest BCUT2D eigenvalue weighted by Gasteiger charge is 2.23. The zero-order valence-corrected chi connectivity index (χ0v) is 12.6. The maximum atomic E-state index is 12.2. The predicted molar refractivity (Wildman–Crippen MR) is 78.9 cm³/mol. The van der Waals surface area contributed by atoms with E-state index in [1.807, 2.05) is 0 Å². The fraction of sp³-hybridized carbons (Fsp3) is 0.385. The molecule has 2 aromatic rings. The number of fused-ring (bicyclic) bond motifs is 1. The smallest absolute Gasteiger partial charge is 0.326 e. The Kier molecular flexibility index (Phi) is 4.08. The van der Waals surface area contributed by atoms with Crippen molar-refractivity contribution in [2.75, 3.05) is 0 Å². The molecule has 0 saturated heterocycles. The van der Waals surface area contributed by atoms with Crippen LogP contribution < -0.4 is 10.9 Å². The van der Waals surface area contributed by atoms with E-state index in [9.17, 15) is 14.4 Å². The van der Waals surface area contributed by atoms with E-state index >= 15 is 0 Å². The van der Waals surface area contributed by atoms with Crippen LogP contribution in [-0.4, -0.2) is 33.0 Å². The molecule has 7 nitrogen and oxygen atoms in total. The predicted octanol–water partition coefficient (Wildman–Crippen LogP) is 1.19. The zero-order valence-electron chi connectivity index (χ0n) is 11.8. The number of carboxylic acids is 1. The highest BCUT2D eigenvalue weighted by molar-refractivity contribution is 7.20. The van der Waals surface area contributed by atoms with Gasteiger partial charge in [-0.1, -0.05) is 6.92 Å². The van der Waals surface area contributed by atoms with Crippen LogP contribution in [-0.2, 0) is 4.79 Å². The van der Waals surface area contributed by atoms with E-state index in [0.717, 1.165) is 11.3 Å². The maximum Gasteiger partial charge on any atom is 0.326 e. The molecule has 1 atom stereocenters. The number of aromatic nitrogens is 2. The van der Waals surface area contributed by atoms with Gasteiger partial charge in [0.25, 0.3) is 11.5 Å². The van der Waals surface area contributed by atoms with Gasteiger partial charge >= 0.3 is 5.97 Å². The van der Waals surface area contributed by atoms with Gasteiger partial charge in [0.05, 0.1) is 10.3 Å². The molecule has 1 unspecified atom stereocenters. The molecule has 21 heavy (non-hydrogen) atoms. The van der Waals surface area contributed by atoms with E-state index in [2.05, 4.69) is 15.3 Å². The number of amides is 1. The lowest BCUT2D eigenvalue weighted by Gasteiger charge is -2.11. The van der Waals surface area contributed by atoms with Crippen molar-refractivity contribution in [3.63, 3.8) is 0 Å². The van der Waals surface area contributed by atoms with Crippen LogP contribution in [0.1, 0.15) is 34.4 Å². The Balaban J connectivity index is 2.45. The Morgan fingerprint density at radius 3 is 2.67 bits per heavy atom. The highest BCUT2D eigenvalue weighted by Crippen LogP contribution is 2.26. The number of nitrogens with zero attached hydrogens (tertiary/aromatic N) is 1. The highest BCUT2D eigenvalue weighted by atomic mass is 32.1. The van der Waals surface area contributed by atoms with Crippen LogP contribution in [0.3, 0.4) is 0 Å². The van der Waals surface area contributed by atoms with Gasteiger partial charge in [-0.15, -0.1) is 11.3 Å². The van der Waals surface area contributed by atoms with Gasteiger partial charge in [-0.05, 0) is 25.8 Å². The van der Waals surface area contributed by atoms with Crippen molar-refractivity contribution in [3.05, 3.63) is 26.6 Å². The Labute approximate surface area is 124 Å². The number of aliphatic carboxylic acids is 1. The number of hydrogen-bond donors (Lipinski definition) is 3. The summed E-state index contributed by atoms with van der Waals surface area (Å²) in [5.41, 5.74) is 0.220. The van der Waals surface area contributed by atoms with Crippen LogP contribution in [0.5, 0.6) is 0 Å². The molecule has 2 rings (SSSR count). The third kappa shape index (κ3) is 2.80. The normalized spacial score (nSPS) is 12.3. The second-order valence-electron chi connectivity index (χ2n) is 4.66. The quantitative estimate of drug-likeness (QED) is 0.785. The van der Waals surface area contributed by atoms with E-state index in [-0.39, 0.29) is 12.0 Å². The summed E-state index contributed by atoms with van der Waals surface area (Å²) in [6, 6.07) is -0.949.